The SMILES string of the molecule is CC/C=C/C#Cc1ccccc1. The van der Waals surface area contributed by atoms with Gasteiger partial charge in [0.25, 0.3) is 0 Å². The molecule has 0 aliphatic carbocycles. The summed E-state index contributed by atoms with van der Waals surface area (Å²) in [6.07, 6.45) is 4.99. The van der Waals surface area contributed by atoms with Crippen LogP contribution in [0.4, 0.5) is 0 Å². The number of rotatable bonds is 1. The van der Waals surface area contributed by atoms with Crippen LogP contribution in [0.5, 0.6) is 0 Å². The molecule has 0 saturated heterocycles. The first kappa shape index (κ1) is 8.62. The van der Waals surface area contributed by atoms with Gasteiger partial charge in [0.1, 0.15) is 0 Å². The molecule has 0 heterocycles. The van der Waals surface area contributed by atoms with Crippen LogP contribution in [0.15, 0.2) is 42.5 Å². The van der Waals surface area contributed by atoms with Crippen LogP contribution in [-0.4, -0.2) is 0 Å². The zero-order valence-electron chi connectivity index (χ0n) is 7.25. The third-order valence-corrected chi connectivity index (χ3v) is 1.43. The smallest absolute Gasteiger partial charge is 0.0248 e. The fourth-order valence-electron chi connectivity index (χ4n) is 0.823. The van der Waals surface area contributed by atoms with E-state index in [1.807, 2.05) is 36.4 Å². The van der Waals surface area contributed by atoms with Gasteiger partial charge in [-0.2, -0.15) is 0 Å². The molecule has 0 amide bonds. The fraction of sp³-hybridized carbons (Fsp3) is 0.167. The summed E-state index contributed by atoms with van der Waals surface area (Å²) in [4.78, 5) is 0. The van der Waals surface area contributed by atoms with Crippen molar-refractivity contribution in [3.8, 4) is 11.8 Å². The molecule has 1 aromatic rings. The van der Waals surface area contributed by atoms with Crippen LogP contribution in [0.25, 0.3) is 0 Å². The van der Waals surface area contributed by atoms with Crippen molar-refractivity contribution in [1.82, 2.24) is 0 Å². The minimum absolute atomic E-state index is 1.05. The van der Waals surface area contributed by atoms with Gasteiger partial charge in [0.2, 0.25) is 0 Å². The van der Waals surface area contributed by atoms with E-state index in [9.17, 15) is 0 Å². The van der Waals surface area contributed by atoms with Crippen LogP contribution in [0, 0.1) is 11.8 Å². The molecule has 0 aliphatic rings. The number of allylic oxidation sites excluding steroid dienone is 2. The first-order chi connectivity index (χ1) is 5.93. The van der Waals surface area contributed by atoms with E-state index < -0.39 is 0 Å². The maximum absolute atomic E-state index is 3.04. The first-order valence-corrected chi connectivity index (χ1v) is 4.15. The Labute approximate surface area is 73.9 Å². The summed E-state index contributed by atoms with van der Waals surface area (Å²) < 4.78 is 0. The number of hydrogen-bond donors (Lipinski definition) is 0. The molecule has 0 aliphatic heterocycles. The van der Waals surface area contributed by atoms with Gasteiger partial charge in [0, 0.05) is 5.56 Å². The van der Waals surface area contributed by atoms with Crippen molar-refractivity contribution in [1.29, 1.82) is 0 Å². The lowest BCUT2D eigenvalue weighted by Crippen LogP contribution is -1.68. The maximum atomic E-state index is 3.04. The third-order valence-electron chi connectivity index (χ3n) is 1.43. The van der Waals surface area contributed by atoms with Gasteiger partial charge >= 0.3 is 0 Å². The normalized spacial score (nSPS) is 9.42. The summed E-state index contributed by atoms with van der Waals surface area (Å²) in [6, 6.07) is 9.99. The quantitative estimate of drug-likeness (QED) is 0.548. The predicted octanol–water partition coefficient (Wildman–Crippen LogP) is 3.00. The molecule has 0 radical (unpaired) electrons. The van der Waals surface area contributed by atoms with Crippen molar-refractivity contribution < 1.29 is 0 Å². The van der Waals surface area contributed by atoms with Gasteiger partial charge in [-0.15, -0.1) is 0 Å². The van der Waals surface area contributed by atoms with Crippen molar-refractivity contribution in [3.05, 3.63) is 48.0 Å². The van der Waals surface area contributed by atoms with E-state index in [2.05, 4.69) is 24.8 Å². The van der Waals surface area contributed by atoms with Gasteiger partial charge in [0.05, 0.1) is 0 Å². The highest BCUT2D eigenvalue weighted by molar-refractivity contribution is 5.36. The lowest BCUT2D eigenvalue weighted by Gasteiger charge is -1.84. The summed E-state index contributed by atoms with van der Waals surface area (Å²) in [5.74, 6) is 6.01. The predicted molar refractivity (Wildman–Crippen MR) is 52.8 cm³/mol. The summed E-state index contributed by atoms with van der Waals surface area (Å²) in [5.41, 5.74) is 1.07. The van der Waals surface area contributed by atoms with Crippen LogP contribution in [0.1, 0.15) is 18.9 Å². The zero-order chi connectivity index (χ0) is 8.65. The van der Waals surface area contributed by atoms with E-state index in [4.69, 9.17) is 0 Å². The van der Waals surface area contributed by atoms with Gasteiger partial charge in [-0.25, -0.2) is 0 Å². The Morgan fingerprint density at radius 2 is 2.00 bits per heavy atom. The molecule has 0 fully saturated rings. The molecule has 60 valence electrons. The van der Waals surface area contributed by atoms with E-state index in [1.54, 1.807) is 0 Å². The van der Waals surface area contributed by atoms with Crippen LogP contribution >= 0.6 is 0 Å². The Morgan fingerprint density at radius 3 is 2.67 bits per heavy atom. The van der Waals surface area contributed by atoms with Crippen molar-refractivity contribution in [2.24, 2.45) is 0 Å². The number of hydrogen-bond acceptors (Lipinski definition) is 0. The Hall–Kier alpha value is -1.48. The van der Waals surface area contributed by atoms with Crippen LogP contribution in [0.2, 0.25) is 0 Å². The molecule has 0 bridgehead atoms. The molecule has 0 atom stereocenters. The molecule has 1 aromatic carbocycles. The summed E-state index contributed by atoms with van der Waals surface area (Å²) >= 11 is 0. The lowest BCUT2D eigenvalue weighted by molar-refractivity contribution is 1.23. The van der Waals surface area contributed by atoms with Crippen LogP contribution in [0.3, 0.4) is 0 Å². The second kappa shape index (κ2) is 5.21. The molecule has 12 heavy (non-hydrogen) atoms. The second-order valence-corrected chi connectivity index (χ2v) is 2.45. The Bertz CT molecular complexity index is 296. The van der Waals surface area contributed by atoms with Gasteiger partial charge in [0.15, 0.2) is 0 Å². The van der Waals surface area contributed by atoms with Gasteiger partial charge < -0.3 is 0 Å². The summed E-state index contributed by atoms with van der Waals surface area (Å²) in [5, 5.41) is 0. The van der Waals surface area contributed by atoms with E-state index in [0.717, 1.165) is 12.0 Å². The van der Waals surface area contributed by atoms with E-state index >= 15 is 0 Å². The molecule has 0 nitrogen and oxygen atoms in total. The highest BCUT2D eigenvalue weighted by Crippen LogP contribution is 1.94. The fourth-order valence-corrected chi connectivity index (χ4v) is 0.823. The topological polar surface area (TPSA) is 0 Å². The standard InChI is InChI=1S/C12H12/c1-2-3-4-6-9-12-10-7-5-8-11-12/h3-5,7-8,10-11H,2H2,1H3/b4-3+. The molecule has 0 spiro atoms. The lowest BCUT2D eigenvalue weighted by atomic mass is 10.2. The van der Waals surface area contributed by atoms with Crippen molar-refractivity contribution >= 4 is 0 Å². The maximum Gasteiger partial charge on any atom is 0.0248 e. The van der Waals surface area contributed by atoms with Crippen molar-refractivity contribution in [2.75, 3.05) is 0 Å². The third kappa shape index (κ3) is 3.07. The highest BCUT2D eigenvalue weighted by Gasteiger charge is 1.78. The molecule has 0 N–H and O–H groups in total. The van der Waals surface area contributed by atoms with Gasteiger partial charge in [-0.1, -0.05) is 43.0 Å². The van der Waals surface area contributed by atoms with Crippen molar-refractivity contribution in [3.63, 3.8) is 0 Å². The van der Waals surface area contributed by atoms with E-state index in [0.29, 0.717) is 0 Å². The Morgan fingerprint density at radius 1 is 1.25 bits per heavy atom. The molecule has 0 heteroatoms. The van der Waals surface area contributed by atoms with Gasteiger partial charge in [-0.3, -0.25) is 0 Å². The average Bonchev–Trinajstić information content (AvgIpc) is 2.14. The zero-order valence-corrected chi connectivity index (χ0v) is 7.25. The monoisotopic (exact) mass is 156 g/mol. The molecule has 0 saturated carbocycles. The van der Waals surface area contributed by atoms with E-state index in [-0.39, 0.29) is 0 Å². The first-order valence-electron chi connectivity index (χ1n) is 4.15. The number of benzene rings is 1. The molecular formula is C12H12. The Balaban J connectivity index is 2.61. The largest absolute Gasteiger partial charge is 0.0764 e. The van der Waals surface area contributed by atoms with Crippen molar-refractivity contribution in [2.45, 2.75) is 13.3 Å². The average molecular weight is 156 g/mol. The van der Waals surface area contributed by atoms with Crippen LogP contribution < -0.4 is 0 Å². The van der Waals surface area contributed by atoms with E-state index in [1.165, 1.54) is 0 Å². The summed E-state index contributed by atoms with van der Waals surface area (Å²) in [6.45, 7) is 2.10. The van der Waals surface area contributed by atoms with Gasteiger partial charge in [-0.05, 0) is 24.6 Å². The molecule has 1 rings (SSSR count). The molecule has 0 unspecified atom stereocenters. The Kier molecular flexibility index (Phi) is 3.74. The molecular weight excluding hydrogens is 144 g/mol. The minimum Gasteiger partial charge on any atom is -0.0764 e. The second-order valence-electron chi connectivity index (χ2n) is 2.45. The van der Waals surface area contributed by atoms with Crippen LogP contribution in [-0.2, 0) is 0 Å². The highest BCUT2D eigenvalue weighted by atomic mass is 13.8. The molecule has 0 aromatic heterocycles. The minimum atomic E-state index is 1.05. The summed E-state index contributed by atoms with van der Waals surface area (Å²) in [7, 11) is 0.